The Labute approximate surface area is 147 Å². The Morgan fingerprint density at radius 3 is 2.72 bits per heavy atom. The molecule has 0 spiro atoms. The number of benzene rings is 1. The number of hydrogen-bond donors (Lipinski definition) is 1. The van der Waals surface area contributed by atoms with Crippen LogP contribution in [0.5, 0.6) is 0 Å². The minimum absolute atomic E-state index is 0.0508. The monoisotopic (exact) mass is 335 g/mol. The van der Waals surface area contributed by atoms with E-state index < -0.39 is 0 Å². The van der Waals surface area contributed by atoms with Crippen LogP contribution in [0, 0.1) is 0 Å². The molecule has 128 valence electrons. The van der Waals surface area contributed by atoms with E-state index in [4.69, 9.17) is 0 Å². The number of nitrogens with zero attached hydrogens (tertiary/aromatic N) is 4. The third-order valence-corrected chi connectivity index (χ3v) is 4.09. The van der Waals surface area contributed by atoms with Crippen molar-refractivity contribution in [3.05, 3.63) is 66.9 Å². The minimum Gasteiger partial charge on any atom is -0.354 e. The lowest BCUT2D eigenvalue weighted by atomic mass is 9.96. The predicted octanol–water partition coefficient (Wildman–Crippen LogP) is 2.65. The quantitative estimate of drug-likeness (QED) is 0.720. The average Bonchev–Trinajstić information content (AvgIpc) is 3.12. The van der Waals surface area contributed by atoms with Crippen LogP contribution in [0.25, 0.3) is 11.5 Å². The molecule has 0 radical (unpaired) electrons. The van der Waals surface area contributed by atoms with Gasteiger partial charge in [0.2, 0.25) is 5.91 Å². The van der Waals surface area contributed by atoms with Crippen LogP contribution >= 0.6 is 0 Å². The van der Waals surface area contributed by atoms with Crippen LogP contribution in [-0.4, -0.2) is 32.0 Å². The number of amides is 1. The fourth-order valence-electron chi connectivity index (χ4n) is 2.82. The standard InChI is InChI=1S/C19H21N5O/c1-2-16(15-6-4-3-5-7-15)19(25)23-11-13-24-12-10-22-18(24)17-14-20-8-9-21-17/h3-10,12,14,16H,2,11,13H2,1H3,(H,23,25)/t16-/m1/s1. The smallest absolute Gasteiger partial charge is 0.227 e. The zero-order chi connectivity index (χ0) is 17.5. The van der Waals surface area contributed by atoms with Crippen molar-refractivity contribution in [2.75, 3.05) is 6.54 Å². The summed E-state index contributed by atoms with van der Waals surface area (Å²) in [6, 6.07) is 9.88. The van der Waals surface area contributed by atoms with E-state index in [0.717, 1.165) is 23.5 Å². The van der Waals surface area contributed by atoms with E-state index in [9.17, 15) is 4.79 Å². The van der Waals surface area contributed by atoms with Gasteiger partial charge >= 0.3 is 0 Å². The zero-order valence-electron chi connectivity index (χ0n) is 14.2. The van der Waals surface area contributed by atoms with Crippen molar-refractivity contribution in [3.63, 3.8) is 0 Å². The van der Waals surface area contributed by atoms with Crippen molar-refractivity contribution in [2.45, 2.75) is 25.8 Å². The predicted molar refractivity (Wildman–Crippen MR) is 95.7 cm³/mol. The molecule has 2 heterocycles. The molecule has 6 nitrogen and oxygen atoms in total. The van der Waals surface area contributed by atoms with Gasteiger partial charge in [-0.2, -0.15) is 0 Å². The number of hydrogen-bond acceptors (Lipinski definition) is 4. The molecule has 0 bridgehead atoms. The average molecular weight is 335 g/mol. The lowest BCUT2D eigenvalue weighted by molar-refractivity contribution is -0.122. The molecule has 6 heteroatoms. The first-order chi connectivity index (χ1) is 12.3. The van der Waals surface area contributed by atoms with E-state index >= 15 is 0 Å². The number of aromatic nitrogens is 4. The van der Waals surface area contributed by atoms with Gasteiger partial charge in [-0.05, 0) is 12.0 Å². The molecular formula is C19H21N5O. The van der Waals surface area contributed by atoms with E-state index in [1.165, 1.54) is 0 Å². The van der Waals surface area contributed by atoms with Gasteiger partial charge in [0.1, 0.15) is 5.69 Å². The van der Waals surface area contributed by atoms with Gasteiger partial charge in [-0.1, -0.05) is 37.3 Å². The number of carbonyl (C=O) groups excluding carboxylic acids is 1. The summed E-state index contributed by atoms with van der Waals surface area (Å²) in [5.41, 5.74) is 1.76. The fraction of sp³-hybridized carbons (Fsp3) is 0.263. The highest BCUT2D eigenvalue weighted by molar-refractivity contribution is 5.83. The molecule has 0 unspecified atom stereocenters. The van der Waals surface area contributed by atoms with Gasteiger partial charge in [-0.15, -0.1) is 0 Å². The highest BCUT2D eigenvalue weighted by atomic mass is 16.1. The number of carbonyl (C=O) groups is 1. The van der Waals surface area contributed by atoms with Gasteiger partial charge in [0.15, 0.2) is 5.82 Å². The minimum atomic E-state index is -0.122. The van der Waals surface area contributed by atoms with Crippen molar-refractivity contribution in [2.24, 2.45) is 0 Å². The maximum absolute atomic E-state index is 12.5. The molecule has 2 aromatic heterocycles. The summed E-state index contributed by atoms with van der Waals surface area (Å²) in [4.78, 5) is 25.2. The summed E-state index contributed by atoms with van der Waals surface area (Å²) in [5, 5.41) is 3.03. The van der Waals surface area contributed by atoms with Crippen LogP contribution in [0.1, 0.15) is 24.8 Å². The molecule has 0 saturated carbocycles. The number of imidazole rings is 1. The van der Waals surface area contributed by atoms with Gasteiger partial charge in [0.25, 0.3) is 0 Å². The third kappa shape index (κ3) is 4.09. The maximum Gasteiger partial charge on any atom is 0.227 e. The Balaban J connectivity index is 1.60. The SMILES string of the molecule is CC[C@@H](C(=O)NCCn1ccnc1-c1cnccn1)c1ccccc1. The van der Waals surface area contributed by atoms with Crippen LogP contribution in [0.2, 0.25) is 0 Å². The van der Waals surface area contributed by atoms with Crippen molar-refractivity contribution in [3.8, 4) is 11.5 Å². The molecule has 0 saturated heterocycles. The molecule has 1 amide bonds. The second-order valence-electron chi connectivity index (χ2n) is 5.70. The van der Waals surface area contributed by atoms with Crippen LogP contribution in [-0.2, 0) is 11.3 Å². The van der Waals surface area contributed by atoms with Gasteiger partial charge in [-0.25, -0.2) is 9.97 Å². The first-order valence-electron chi connectivity index (χ1n) is 8.39. The van der Waals surface area contributed by atoms with Gasteiger partial charge < -0.3 is 9.88 Å². The van der Waals surface area contributed by atoms with E-state index in [0.29, 0.717) is 13.1 Å². The zero-order valence-corrected chi connectivity index (χ0v) is 14.2. The molecule has 0 aliphatic rings. The summed E-state index contributed by atoms with van der Waals surface area (Å²) in [5.74, 6) is 0.677. The molecular weight excluding hydrogens is 314 g/mol. The lowest BCUT2D eigenvalue weighted by Gasteiger charge is -2.16. The summed E-state index contributed by atoms with van der Waals surface area (Å²) in [6.07, 6.45) is 9.33. The molecule has 1 atom stereocenters. The Hall–Kier alpha value is -3.02. The Morgan fingerprint density at radius 2 is 2.00 bits per heavy atom. The van der Waals surface area contributed by atoms with Crippen molar-refractivity contribution in [1.82, 2.24) is 24.8 Å². The molecule has 1 N–H and O–H groups in total. The van der Waals surface area contributed by atoms with E-state index in [1.807, 2.05) is 48.0 Å². The molecule has 3 aromatic rings. The molecule has 3 rings (SSSR count). The Bertz CT molecular complexity index is 801. The molecule has 0 aliphatic heterocycles. The van der Waals surface area contributed by atoms with Gasteiger partial charge in [0, 0.05) is 37.9 Å². The van der Waals surface area contributed by atoms with Crippen LogP contribution in [0.4, 0.5) is 0 Å². The second kappa shape index (κ2) is 8.19. The maximum atomic E-state index is 12.5. The highest BCUT2D eigenvalue weighted by Gasteiger charge is 2.18. The molecule has 25 heavy (non-hydrogen) atoms. The third-order valence-electron chi connectivity index (χ3n) is 4.09. The normalized spacial score (nSPS) is 11.9. The lowest BCUT2D eigenvalue weighted by Crippen LogP contribution is -2.31. The van der Waals surface area contributed by atoms with Crippen molar-refractivity contribution < 1.29 is 4.79 Å². The highest BCUT2D eigenvalue weighted by Crippen LogP contribution is 2.19. The van der Waals surface area contributed by atoms with Crippen molar-refractivity contribution >= 4 is 5.91 Å². The number of rotatable bonds is 7. The van der Waals surface area contributed by atoms with Crippen LogP contribution < -0.4 is 5.32 Å². The summed E-state index contributed by atoms with van der Waals surface area (Å²) >= 11 is 0. The number of nitrogens with one attached hydrogen (secondary N) is 1. The van der Waals surface area contributed by atoms with E-state index in [2.05, 4.69) is 20.3 Å². The first kappa shape index (κ1) is 16.8. The topological polar surface area (TPSA) is 72.7 Å². The first-order valence-corrected chi connectivity index (χ1v) is 8.39. The van der Waals surface area contributed by atoms with E-state index in [-0.39, 0.29) is 11.8 Å². The van der Waals surface area contributed by atoms with Crippen molar-refractivity contribution in [1.29, 1.82) is 0 Å². The Morgan fingerprint density at radius 1 is 1.16 bits per heavy atom. The molecule has 0 fully saturated rings. The van der Waals surface area contributed by atoms with Gasteiger partial charge in [-0.3, -0.25) is 9.78 Å². The fourth-order valence-corrected chi connectivity index (χ4v) is 2.82. The second-order valence-corrected chi connectivity index (χ2v) is 5.70. The Kier molecular flexibility index (Phi) is 5.51. The van der Waals surface area contributed by atoms with Crippen LogP contribution in [0.15, 0.2) is 61.3 Å². The van der Waals surface area contributed by atoms with E-state index in [1.54, 1.807) is 24.8 Å². The largest absolute Gasteiger partial charge is 0.354 e. The molecule has 0 aliphatic carbocycles. The van der Waals surface area contributed by atoms with Crippen LogP contribution in [0.3, 0.4) is 0 Å². The molecule has 1 aromatic carbocycles. The summed E-state index contributed by atoms with van der Waals surface area (Å²) < 4.78 is 1.97. The van der Waals surface area contributed by atoms with Gasteiger partial charge in [0.05, 0.1) is 12.1 Å². The summed E-state index contributed by atoms with van der Waals surface area (Å²) in [7, 11) is 0. The summed E-state index contributed by atoms with van der Waals surface area (Å²) in [6.45, 7) is 3.19.